The largest absolute Gasteiger partial charge is 0.488 e. The van der Waals surface area contributed by atoms with Crippen molar-refractivity contribution in [1.82, 2.24) is 0 Å². The number of hydrogen-bond acceptors (Lipinski definition) is 2. The van der Waals surface area contributed by atoms with Crippen LogP contribution >= 0.6 is 11.6 Å². The first-order chi connectivity index (χ1) is 6.75. The van der Waals surface area contributed by atoms with Crippen molar-refractivity contribution in [2.45, 2.75) is 31.5 Å². The van der Waals surface area contributed by atoms with Crippen molar-refractivity contribution in [3.05, 3.63) is 29.3 Å². The molecule has 14 heavy (non-hydrogen) atoms. The standard InChI is InChI=1S/C11H13ClO2/c12-8-3-1-4-9(7-8)14-11-6-2-5-10(11)13/h1,3-4,7,10-11,13H,2,5-6H2/t10-,11-/m1/s1. The van der Waals surface area contributed by atoms with Crippen LogP contribution in [0.25, 0.3) is 0 Å². The summed E-state index contributed by atoms with van der Waals surface area (Å²) >= 11 is 5.82. The lowest BCUT2D eigenvalue weighted by molar-refractivity contribution is 0.0604. The molecule has 0 radical (unpaired) electrons. The van der Waals surface area contributed by atoms with E-state index in [1.807, 2.05) is 12.1 Å². The molecule has 1 saturated carbocycles. The van der Waals surface area contributed by atoms with Gasteiger partial charge in [0.1, 0.15) is 11.9 Å². The van der Waals surface area contributed by atoms with E-state index in [1.165, 1.54) is 0 Å². The van der Waals surface area contributed by atoms with E-state index in [0.29, 0.717) is 5.02 Å². The molecule has 1 aromatic carbocycles. The number of ether oxygens (including phenoxy) is 1. The highest BCUT2D eigenvalue weighted by molar-refractivity contribution is 6.30. The van der Waals surface area contributed by atoms with Crippen molar-refractivity contribution in [3.8, 4) is 5.75 Å². The summed E-state index contributed by atoms with van der Waals surface area (Å²) in [7, 11) is 0. The van der Waals surface area contributed by atoms with Gasteiger partial charge < -0.3 is 9.84 Å². The van der Waals surface area contributed by atoms with Gasteiger partial charge in [-0.1, -0.05) is 17.7 Å². The summed E-state index contributed by atoms with van der Waals surface area (Å²) in [6, 6.07) is 7.28. The molecule has 0 aliphatic heterocycles. The number of benzene rings is 1. The molecule has 0 aromatic heterocycles. The molecule has 3 heteroatoms. The zero-order valence-corrected chi connectivity index (χ0v) is 8.57. The maximum atomic E-state index is 9.56. The van der Waals surface area contributed by atoms with E-state index in [-0.39, 0.29) is 12.2 Å². The van der Waals surface area contributed by atoms with Crippen molar-refractivity contribution in [2.24, 2.45) is 0 Å². The van der Waals surface area contributed by atoms with Crippen LogP contribution in [0.15, 0.2) is 24.3 Å². The normalized spacial score (nSPS) is 26.4. The minimum Gasteiger partial charge on any atom is -0.488 e. The number of aliphatic hydroxyl groups excluding tert-OH is 1. The van der Waals surface area contributed by atoms with E-state index in [4.69, 9.17) is 16.3 Å². The van der Waals surface area contributed by atoms with E-state index >= 15 is 0 Å². The van der Waals surface area contributed by atoms with E-state index in [9.17, 15) is 5.11 Å². The summed E-state index contributed by atoms with van der Waals surface area (Å²) in [5, 5.41) is 10.2. The molecule has 2 nitrogen and oxygen atoms in total. The first-order valence-electron chi connectivity index (χ1n) is 4.86. The van der Waals surface area contributed by atoms with Gasteiger partial charge in [-0.05, 0) is 37.5 Å². The zero-order valence-electron chi connectivity index (χ0n) is 7.82. The number of hydrogen-bond donors (Lipinski definition) is 1. The molecule has 1 aliphatic rings. The molecule has 0 bridgehead atoms. The summed E-state index contributed by atoms with van der Waals surface area (Å²) in [4.78, 5) is 0. The number of aliphatic hydroxyl groups is 1. The Kier molecular flexibility index (Phi) is 2.94. The van der Waals surface area contributed by atoms with E-state index in [0.717, 1.165) is 25.0 Å². The van der Waals surface area contributed by atoms with Crippen LogP contribution in [-0.2, 0) is 0 Å². The monoisotopic (exact) mass is 212 g/mol. The molecule has 0 unspecified atom stereocenters. The Morgan fingerprint density at radius 1 is 1.36 bits per heavy atom. The molecule has 1 aromatic rings. The second-order valence-corrected chi connectivity index (χ2v) is 4.05. The van der Waals surface area contributed by atoms with Crippen molar-refractivity contribution < 1.29 is 9.84 Å². The Labute approximate surface area is 88.5 Å². The van der Waals surface area contributed by atoms with Crippen LogP contribution in [0.5, 0.6) is 5.75 Å². The highest BCUT2D eigenvalue weighted by Crippen LogP contribution is 2.25. The molecule has 0 amide bonds. The first-order valence-corrected chi connectivity index (χ1v) is 5.24. The van der Waals surface area contributed by atoms with Crippen LogP contribution in [0.1, 0.15) is 19.3 Å². The fourth-order valence-corrected chi connectivity index (χ4v) is 1.94. The Balaban J connectivity index is 2.03. The fraction of sp³-hybridized carbons (Fsp3) is 0.455. The third kappa shape index (κ3) is 2.20. The molecular formula is C11H13ClO2. The van der Waals surface area contributed by atoms with Gasteiger partial charge in [0.25, 0.3) is 0 Å². The average Bonchev–Trinajstić information content (AvgIpc) is 2.52. The van der Waals surface area contributed by atoms with Crippen molar-refractivity contribution >= 4 is 11.6 Å². The Bertz CT molecular complexity index is 314. The van der Waals surface area contributed by atoms with E-state index < -0.39 is 0 Å². The van der Waals surface area contributed by atoms with Gasteiger partial charge in [0.05, 0.1) is 6.10 Å². The Hall–Kier alpha value is -0.730. The third-order valence-corrected chi connectivity index (χ3v) is 2.74. The van der Waals surface area contributed by atoms with Crippen LogP contribution in [0.4, 0.5) is 0 Å². The maximum absolute atomic E-state index is 9.56. The van der Waals surface area contributed by atoms with Gasteiger partial charge in [0.2, 0.25) is 0 Å². The SMILES string of the molecule is O[C@@H]1CCC[C@H]1Oc1cccc(Cl)c1. The van der Waals surface area contributed by atoms with E-state index in [1.54, 1.807) is 12.1 Å². The lowest BCUT2D eigenvalue weighted by Crippen LogP contribution is -2.25. The molecule has 1 fully saturated rings. The Morgan fingerprint density at radius 3 is 2.86 bits per heavy atom. The van der Waals surface area contributed by atoms with Crippen LogP contribution in [0.3, 0.4) is 0 Å². The van der Waals surface area contributed by atoms with Crippen LogP contribution in [0.2, 0.25) is 5.02 Å². The smallest absolute Gasteiger partial charge is 0.124 e. The van der Waals surface area contributed by atoms with Gasteiger partial charge in [0, 0.05) is 5.02 Å². The minimum atomic E-state index is -0.325. The zero-order chi connectivity index (χ0) is 9.97. The predicted octanol–water partition coefficient (Wildman–Crippen LogP) is 2.63. The Morgan fingerprint density at radius 2 is 2.21 bits per heavy atom. The molecule has 1 aliphatic carbocycles. The van der Waals surface area contributed by atoms with Crippen LogP contribution < -0.4 is 4.74 Å². The molecular weight excluding hydrogens is 200 g/mol. The molecule has 0 heterocycles. The lowest BCUT2D eigenvalue weighted by Gasteiger charge is -2.16. The van der Waals surface area contributed by atoms with Crippen molar-refractivity contribution in [3.63, 3.8) is 0 Å². The van der Waals surface area contributed by atoms with Crippen molar-refractivity contribution in [2.75, 3.05) is 0 Å². The quantitative estimate of drug-likeness (QED) is 0.817. The number of halogens is 1. The predicted molar refractivity (Wildman–Crippen MR) is 55.7 cm³/mol. The highest BCUT2D eigenvalue weighted by Gasteiger charge is 2.26. The second-order valence-electron chi connectivity index (χ2n) is 3.61. The van der Waals surface area contributed by atoms with Gasteiger partial charge in [-0.3, -0.25) is 0 Å². The van der Waals surface area contributed by atoms with Gasteiger partial charge >= 0.3 is 0 Å². The van der Waals surface area contributed by atoms with Crippen molar-refractivity contribution in [1.29, 1.82) is 0 Å². The van der Waals surface area contributed by atoms with E-state index in [2.05, 4.69) is 0 Å². The molecule has 0 spiro atoms. The topological polar surface area (TPSA) is 29.5 Å². The molecule has 1 N–H and O–H groups in total. The van der Waals surface area contributed by atoms with Gasteiger partial charge in [-0.2, -0.15) is 0 Å². The average molecular weight is 213 g/mol. The lowest BCUT2D eigenvalue weighted by atomic mass is 10.2. The summed E-state index contributed by atoms with van der Waals surface area (Å²) in [6.45, 7) is 0. The summed E-state index contributed by atoms with van der Waals surface area (Å²) in [5.74, 6) is 0.739. The first kappa shape index (κ1) is 9.81. The summed E-state index contributed by atoms with van der Waals surface area (Å²) in [5.41, 5.74) is 0. The summed E-state index contributed by atoms with van der Waals surface area (Å²) < 4.78 is 5.63. The summed E-state index contributed by atoms with van der Waals surface area (Å²) in [6.07, 6.45) is 2.41. The second kappa shape index (κ2) is 4.20. The minimum absolute atomic E-state index is 0.0616. The molecule has 2 rings (SSSR count). The van der Waals surface area contributed by atoms with Crippen LogP contribution in [-0.4, -0.2) is 17.3 Å². The highest BCUT2D eigenvalue weighted by atomic mass is 35.5. The number of rotatable bonds is 2. The molecule has 76 valence electrons. The van der Waals surface area contributed by atoms with Crippen LogP contribution in [0, 0.1) is 0 Å². The maximum Gasteiger partial charge on any atom is 0.124 e. The van der Waals surface area contributed by atoms with Gasteiger partial charge in [-0.15, -0.1) is 0 Å². The third-order valence-electron chi connectivity index (χ3n) is 2.50. The molecule has 0 saturated heterocycles. The van der Waals surface area contributed by atoms with Gasteiger partial charge in [0.15, 0.2) is 0 Å². The van der Waals surface area contributed by atoms with Gasteiger partial charge in [-0.25, -0.2) is 0 Å². The molecule has 2 atom stereocenters. The fourth-order valence-electron chi connectivity index (χ4n) is 1.76.